The maximum absolute atomic E-state index is 12.9. The molecule has 1 fully saturated rings. The summed E-state index contributed by atoms with van der Waals surface area (Å²) >= 11 is 0. The summed E-state index contributed by atoms with van der Waals surface area (Å²) in [5, 5.41) is 10.0. The number of nitriles is 1. The summed E-state index contributed by atoms with van der Waals surface area (Å²) in [6.45, 7) is 7.82. The van der Waals surface area contributed by atoms with Gasteiger partial charge < -0.3 is 9.47 Å². The highest BCUT2D eigenvalue weighted by Gasteiger charge is 2.43. The molecular weight excluding hydrogens is 342 g/mol. The number of piperazine rings is 1. The molecule has 1 aliphatic rings. The van der Waals surface area contributed by atoms with E-state index in [1.807, 2.05) is 6.92 Å². The van der Waals surface area contributed by atoms with Crippen molar-refractivity contribution in [3.05, 3.63) is 48.0 Å². The normalized spacial score (nSPS) is 21.6. The molecule has 0 amide bonds. The van der Waals surface area contributed by atoms with Crippen LogP contribution >= 0.6 is 0 Å². The first-order chi connectivity index (χ1) is 12.3. The Morgan fingerprint density at radius 3 is 2.38 bits per heavy atom. The van der Waals surface area contributed by atoms with Crippen molar-refractivity contribution < 1.29 is 17.8 Å². The zero-order valence-corrected chi connectivity index (χ0v) is 15.1. The lowest BCUT2D eigenvalue weighted by atomic mass is 9.83. The van der Waals surface area contributed by atoms with Gasteiger partial charge in [-0.2, -0.15) is 18.4 Å². The molecule has 140 valence electrons. The highest BCUT2D eigenvalue weighted by Crippen LogP contribution is 2.37. The van der Waals surface area contributed by atoms with Crippen molar-refractivity contribution >= 4 is 7.62 Å². The monoisotopic (exact) mass is 365 g/mol. The van der Waals surface area contributed by atoms with Crippen LogP contribution in [0.2, 0.25) is 0 Å². The minimum atomic E-state index is -4.40. The van der Waals surface area contributed by atoms with E-state index in [1.54, 1.807) is 13.2 Å². The van der Waals surface area contributed by atoms with Crippen LogP contribution in [0.4, 0.5) is 13.2 Å². The highest BCUT2D eigenvalue weighted by atomic mass is 19.4. The Hall–Kier alpha value is -1.82. The largest absolute Gasteiger partial charge is 0.427 e. The molecule has 2 atom stereocenters. The van der Waals surface area contributed by atoms with Crippen molar-refractivity contribution in [2.45, 2.75) is 31.1 Å². The Kier molecular flexibility index (Phi) is 6.51. The zero-order chi connectivity index (χ0) is 19.4. The molecule has 0 spiro atoms. The van der Waals surface area contributed by atoms with Crippen LogP contribution in [0.1, 0.15) is 24.5 Å². The summed E-state index contributed by atoms with van der Waals surface area (Å²) in [6.07, 6.45) is -2.41. The first-order valence-corrected chi connectivity index (χ1v) is 8.46. The number of alkyl halides is 3. The van der Waals surface area contributed by atoms with Gasteiger partial charge in [-0.1, -0.05) is 18.2 Å². The first kappa shape index (κ1) is 20.5. The van der Waals surface area contributed by atoms with Crippen LogP contribution in [0.5, 0.6) is 0 Å². The summed E-state index contributed by atoms with van der Waals surface area (Å²) in [4.78, 5) is 4.20. The molecule has 0 saturated carbocycles. The summed E-state index contributed by atoms with van der Waals surface area (Å²) in [6, 6.07) is 7.29. The van der Waals surface area contributed by atoms with E-state index in [-0.39, 0.29) is 6.04 Å². The Bertz CT molecular complexity index is 659. The van der Waals surface area contributed by atoms with Crippen LogP contribution in [0.15, 0.2) is 36.9 Å². The third-order valence-corrected chi connectivity index (χ3v) is 4.83. The van der Waals surface area contributed by atoms with Gasteiger partial charge in [-0.05, 0) is 24.6 Å². The summed E-state index contributed by atoms with van der Waals surface area (Å²) < 4.78 is 43.8. The van der Waals surface area contributed by atoms with E-state index in [1.165, 1.54) is 12.1 Å². The third-order valence-electron chi connectivity index (χ3n) is 4.83. The fourth-order valence-electron chi connectivity index (χ4n) is 3.62. The molecule has 1 aromatic carbocycles. The second-order valence-electron chi connectivity index (χ2n) is 6.58. The average Bonchev–Trinajstić information content (AvgIpc) is 2.60. The minimum absolute atomic E-state index is 0.0424. The molecule has 26 heavy (non-hydrogen) atoms. The molecule has 4 nitrogen and oxygen atoms in total. The molecule has 1 aliphatic heterocycles. The fraction of sp³-hybridized carbons (Fsp3) is 0.500. The lowest BCUT2D eigenvalue weighted by Gasteiger charge is -2.47. The van der Waals surface area contributed by atoms with Gasteiger partial charge >= 0.3 is 13.8 Å². The molecule has 1 heterocycles. The Balaban J connectivity index is 2.37. The Morgan fingerprint density at radius 2 is 1.92 bits per heavy atom. The summed E-state index contributed by atoms with van der Waals surface area (Å²) in [5.74, 6) is 0. The maximum Gasteiger partial charge on any atom is 0.416 e. The lowest BCUT2D eigenvalue weighted by Crippen LogP contribution is -2.60. The number of nitrogens with zero attached hydrogens (tertiary/aromatic N) is 3. The van der Waals surface area contributed by atoms with Crippen LogP contribution in [-0.2, 0) is 16.4 Å². The number of rotatable bonds is 6. The van der Waals surface area contributed by atoms with Crippen LogP contribution in [0.25, 0.3) is 0 Å². The van der Waals surface area contributed by atoms with E-state index in [0.29, 0.717) is 26.1 Å². The SMILES string of the molecule is C=CCC(C#N)(c1ccc(C(F)(F)F)cc1)N1CCN(BOC)C[C@@H]1C. The van der Waals surface area contributed by atoms with Crippen molar-refractivity contribution in [1.82, 2.24) is 9.71 Å². The zero-order valence-electron chi connectivity index (χ0n) is 15.1. The Labute approximate surface area is 153 Å². The van der Waals surface area contributed by atoms with Gasteiger partial charge in [0.15, 0.2) is 0 Å². The van der Waals surface area contributed by atoms with E-state index >= 15 is 0 Å². The van der Waals surface area contributed by atoms with Gasteiger partial charge in [0, 0.05) is 39.2 Å². The van der Waals surface area contributed by atoms with Gasteiger partial charge in [0.25, 0.3) is 0 Å². The molecule has 0 radical (unpaired) electrons. The third kappa shape index (κ3) is 4.12. The van der Waals surface area contributed by atoms with Crippen molar-refractivity contribution in [3.63, 3.8) is 0 Å². The van der Waals surface area contributed by atoms with Crippen molar-refractivity contribution in [1.29, 1.82) is 5.26 Å². The number of hydrogen-bond acceptors (Lipinski definition) is 4. The summed E-state index contributed by atoms with van der Waals surface area (Å²) in [7, 11) is 2.15. The van der Waals surface area contributed by atoms with E-state index in [2.05, 4.69) is 22.4 Å². The van der Waals surface area contributed by atoms with Gasteiger partial charge in [-0.15, -0.1) is 6.58 Å². The fourth-order valence-corrected chi connectivity index (χ4v) is 3.62. The minimum Gasteiger partial charge on any atom is -0.427 e. The molecule has 1 saturated heterocycles. The number of halogens is 3. The lowest BCUT2D eigenvalue weighted by molar-refractivity contribution is -0.137. The van der Waals surface area contributed by atoms with Crippen LogP contribution < -0.4 is 0 Å². The van der Waals surface area contributed by atoms with E-state index < -0.39 is 17.3 Å². The smallest absolute Gasteiger partial charge is 0.416 e. The van der Waals surface area contributed by atoms with Crippen molar-refractivity contribution in [2.75, 3.05) is 26.7 Å². The predicted octanol–water partition coefficient (Wildman–Crippen LogP) is 2.92. The molecule has 1 aromatic rings. The van der Waals surface area contributed by atoms with E-state index in [9.17, 15) is 18.4 Å². The van der Waals surface area contributed by atoms with Gasteiger partial charge in [0.05, 0.1) is 11.6 Å². The summed E-state index contributed by atoms with van der Waals surface area (Å²) in [5.41, 5.74) is -1.20. The van der Waals surface area contributed by atoms with Crippen LogP contribution in [0, 0.1) is 11.3 Å². The van der Waals surface area contributed by atoms with Gasteiger partial charge in [-0.25, -0.2) is 0 Å². The number of benzene rings is 1. The van der Waals surface area contributed by atoms with Gasteiger partial charge in [0.1, 0.15) is 5.54 Å². The molecule has 0 N–H and O–H groups in total. The predicted molar refractivity (Wildman–Crippen MR) is 95.4 cm³/mol. The molecule has 0 aromatic heterocycles. The molecular formula is C18H23BF3N3O. The van der Waals surface area contributed by atoms with Crippen molar-refractivity contribution in [3.8, 4) is 6.07 Å². The topological polar surface area (TPSA) is 39.5 Å². The van der Waals surface area contributed by atoms with E-state index in [0.717, 1.165) is 25.2 Å². The maximum atomic E-state index is 12.9. The molecule has 0 aliphatic carbocycles. The standard InChI is InChI=1S/C18H23BF3N3O/c1-4-9-17(13-23,15-5-7-16(8-6-15)18(20,21)22)25-11-10-24(19-26-3)12-14(25)2/h4-8,14,19H,1,9-12H2,2-3H3/t14-,17?/m0/s1. The first-order valence-electron chi connectivity index (χ1n) is 8.46. The number of hydrogen-bond donors (Lipinski definition) is 0. The van der Waals surface area contributed by atoms with Crippen molar-refractivity contribution in [2.24, 2.45) is 0 Å². The molecule has 2 rings (SSSR count). The van der Waals surface area contributed by atoms with Gasteiger partial charge in [-0.3, -0.25) is 4.90 Å². The molecule has 0 bridgehead atoms. The molecule has 8 heteroatoms. The second kappa shape index (κ2) is 8.25. The average molecular weight is 365 g/mol. The Morgan fingerprint density at radius 1 is 1.31 bits per heavy atom. The molecule has 1 unspecified atom stereocenters. The quantitative estimate of drug-likeness (QED) is 0.574. The second-order valence-corrected chi connectivity index (χ2v) is 6.58. The van der Waals surface area contributed by atoms with Crippen LogP contribution in [-0.4, -0.2) is 50.1 Å². The van der Waals surface area contributed by atoms with Crippen LogP contribution in [0.3, 0.4) is 0 Å². The highest BCUT2D eigenvalue weighted by molar-refractivity contribution is 6.23. The van der Waals surface area contributed by atoms with Gasteiger partial charge in [0.2, 0.25) is 0 Å². The van der Waals surface area contributed by atoms with E-state index in [4.69, 9.17) is 4.65 Å².